The van der Waals surface area contributed by atoms with Crippen LogP contribution in [0.4, 0.5) is 0 Å². The van der Waals surface area contributed by atoms with Gasteiger partial charge in [-0.1, -0.05) is 91.0 Å². The Hall–Kier alpha value is -3.43. The highest BCUT2D eigenvalue weighted by Crippen LogP contribution is 2.45. The maximum atomic E-state index is 13.0. The smallest absolute Gasteiger partial charge is 0.329 e. The van der Waals surface area contributed by atoms with Gasteiger partial charge in [-0.2, -0.15) is 0 Å². The molecule has 5 rings (SSSR count). The molecule has 7 nitrogen and oxygen atoms in total. The second-order valence-corrected chi connectivity index (χ2v) is 10.9. The Balaban J connectivity index is 1.43. The lowest BCUT2D eigenvalue weighted by Gasteiger charge is -2.27. The third kappa shape index (κ3) is 6.96. The van der Waals surface area contributed by atoms with E-state index in [0.717, 1.165) is 16.7 Å². The van der Waals surface area contributed by atoms with E-state index in [0.29, 0.717) is 32.0 Å². The predicted octanol–water partition coefficient (Wildman–Crippen LogP) is 4.85. The number of aromatic amines is 1. The predicted molar refractivity (Wildman–Crippen MR) is 153 cm³/mol. The van der Waals surface area contributed by atoms with E-state index in [-0.39, 0.29) is 16.9 Å². The summed E-state index contributed by atoms with van der Waals surface area (Å²) in [7, 11) is 0. The average molecular weight is 545 g/mol. The number of hydrogen-bond donors (Lipinski definition) is 1. The van der Waals surface area contributed by atoms with Crippen LogP contribution in [0, 0.1) is 6.92 Å². The van der Waals surface area contributed by atoms with Crippen LogP contribution in [0.25, 0.3) is 0 Å². The summed E-state index contributed by atoms with van der Waals surface area (Å²) in [4.78, 5) is 27.5. The maximum Gasteiger partial charge on any atom is 0.329 e. The zero-order valence-corrected chi connectivity index (χ0v) is 22.6. The van der Waals surface area contributed by atoms with Crippen LogP contribution in [0.3, 0.4) is 0 Å². The molecule has 0 saturated carbocycles. The van der Waals surface area contributed by atoms with Crippen LogP contribution in [-0.2, 0) is 34.0 Å². The van der Waals surface area contributed by atoms with Crippen molar-refractivity contribution in [1.82, 2.24) is 9.55 Å². The van der Waals surface area contributed by atoms with Gasteiger partial charge in [0, 0.05) is 11.8 Å². The number of nitrogens with one attached hydrogen (secondary N) is 1. The summed E-state index contributed by atoms with van der Waals surface area (Å²) >= 11 is 1.58. The average Bonchev–Trinajstić information content (AvgIpc) is 3.31. The van der Waals surface area contributed by atoms with Crippen LogP contribution in [-0.4, -0.2) is 33.6 Å². The van der Waals surface area contributed by atoms with Gasteiger partial charge in [-0.15, -0.1) is 11.8 Å². The number of rotatable bonds is 11. The normalized spacial score (nSPS) is 20.7. The number of nitrogens with zero attached hydrogens (tertiary/aromatic N) is 1. The van der Waals surface area contributed by atoms with Gasteiger partial charge in [0.05, 0.1) is 31.7 Å². The first-order chi connectivity index (χ1) is 19.1. The lowest BCUT2D eigenvalue weighted by molar-refractivity contribution is -0.0920. The van der Waals surface area contributed by atoms with Gasteiger partial charge in [0.2, 0.25) is 0 Å². The van der Waals surface area contributed by atoms with Gasteiger partial charge in [0.15, 0.2) is 0 Å². The van der Waals surface area contributed by atoms with Crippen LogP contribution < -0.4 is 11.2 Å². The minimum absolute atomic E-state index is 0.109. The molecule has 0 spiro atoms. The van der Waals surface area contributed by atoms with Crippen molar-refractivity contribution in [3.05, 3.63) is 140 Å². The molecule has 0 bridgehead atoms. The third-order valence-electron chi connectivity index (χ3n) is 6.67. The van der Waals surface area contributed by atoms with Crippen LogP contribution in [0.5, 0.6) is 0 Å². The number of aryl methyl sites for hydroxylation is 1. The summed E-state index contributed by atoms with van der Waals surface area (Å²) in [5.74, 6) is 0. The van der Waals surface area contributed by atoms with Gasteiger partial charge in [0.1, 0.15) is 17.6 Å². The molecule has 0 aliphatic carbocycles. The fourth-order valence-electron chi connectivity index (χ4n) is 4.62. The topological polar surface area (TPSA) is 82.6 Å². The molecule has 39 heavy (non-hydrogen) atoms. The highest BCUT2D eigenvalue weighted by atomic mass is 32.2. The highest BCUT2D eigenvalue weighted by Gasteiger charge is 2.47. The number of thioether (sulfide) groups is 1. The van der Waals surface area contributed by atoms with Crippen molar-refractivity contribution >= 4 is 11.8 Å². The molecule has 4 aromatic rings. The first-order valence-corrected chi connectivity index (χ1v) is 13.9. The Morgan fingerprint density at radius 3 is 1.82 bits per heavy atom. The van der Waals surface area contributed by atoms with E-state index in [4.69, 9.17) is 14.2 Å². The fourth-order valence-corrected chi connectivity index (χ4v) is 6.22. The number of ether oxygens (including phenoxy) is 3. The van der Waals surface area contributed by atoms with Crippen molar-refractivity contribution in [1.29, 1.82) is 0 Å². The van der Waals surface area contributed by atoms with E-state index >= 15 is 0 Å². The summed E-state index contributed by atoms with van der Waals surface area (Å²) < 4.78 is 20.8. The summed E-state index contributed by atoms with van der Waals surface area (Å²) in [6, 6.07) is 29.9. The molecule has 1 fully saturated rings. The molecule has 1 aliphatic heterocycles. The van der Waals surface area contributed by atoms with E-state index in [2.05, 4.69) is 4.98 Å². The first kappa shape index (κ1) is 27.1. The SMILES string of the molecule is Cc1cn(C2S[C@H](COCc3ccccc3)[C@@H](OCc3ccccc3)[C@@H]2OCc2ccccc2)c(=O)[nH]c1=O. The van der Waals surface area contributed by atoms with E-state index in [1.165, 1.54) is 0 Å². The highest BCUT2D eigenvalue weighted by molar-refractivity contribution is 8.00. The van der Waals surface area contributed by atoms with Crippen molar-refractivity contribution in [3.8, 4) is 0 Å². The Labute approximate surface area is 231 Å². The van der Waals surface area contributed by atoms with Gasteiger partial charge in [-0.25, -0.2) is 4.79 Å². The molecule has 1 aromatic heterocycles. The molecule has 8 heteroatoms. The van der Waals surface area contributed by atoms with Crippen LogP contribution >= 0.6 is 11.8 Å². The summed E-state index contributed by atoms with van der Waals surface area (Å²) in [5.41, 5.74) is 2.76. The van der Waals surface area contributed by atoms with Gasteiger partial charge < -0.3 is 14.2 Å². The van der Waals surface area contributed by atoms with Crippen molar-refractivity contribution in [2.75, 3.05) is 6.61 Å². The molecule has 0 radical (unpaired) electrons. The Kier molecular flexibility index (Phi) is 9.11. The minimum Gasteiger partial charge on any atom is -0.376 e. The molecular weight excluding hydrogens is 512 g/mol. The molecule has 3 aromatic carbocycles. The van der Waals surface area contributed by atoms with Gasteiger partial charge in [0.25, 0.3) is 5.56 Å². The Morgan fingerprint density at radius 1 is 0.744 bits per heavy atom. The molecule has 202 valence electrons. The second-order valence-electron chi connectivity index (χ2n) is 9.57. The van der Waals surface area contributed by atoms with Crippen molar-refractivity contribution in [2.24, 2.45) is 0 Å². The molecule has 0 amide bonds. The molecular formula is C31H32N2O5S. The van der Waals surface area contributed by atoms with Crippen LogP contribution in [0.15, 0.2) is 107 Å². The second kappa shape index (κ2) is 13.1. The lowest BCUT2D eigenvalue weighted by atomic mass is 10.1. The molecule has 2 heterocycles. The molecule has 1 N–H and O–H groups in total. The fraction of sp³-hybridized carbons (Fsp3) is 0.290. The number of benzene rings is 3. The Morgan fingerprint density at radius 2 is 1.26 bits per heavy atom. The van der Waals surface area contributed by atoms with Crippen molar-refractivity contribution in [3.63, 3.8) is 0 Å². The minimum atomic E-state index is -0.468. The quantitative estimate of drug-likeness (QED) is 0.291. The van der Waals surface area contributed by atoms with E-state index in [1.807, 2.05) is 91.0 Å². The monoisotopic (exact) mass is 544 g/mol. The standard InChI is InChI=1S/C31H32N2O5S/c1-22-17-33(31(35)32-29(22)34)30-28(38-20-25-15-9-4-10-16-25)27(37-19-24-13-7-3-8-14-24)26(39-30)21-36-18-23-11-5-2-6-12-23/h2-17,26-28,30H,18-21H2,1H3,(H,32,34,35)/t26-,27-,28+,30?/m1/s1. The van der Waals surface area contributed by atoms with Crippen LogP contribution in [0.2, 0.25) is 0 Å². The zero-order valence-electron chi connectivity index (χ0n) is 21.8. The summed E-state index contributed by atoms with van der Waals surface area (Å²) in [6.07, 6.45) is 0.783. The molecule has 1 unspecified atom stereocenters. The third-order valence-corrected chi connectivity index (χ3v) is 8.20. The van der Waals surface area contributed by atoms with Gasteiger partial charge in [-0.3, -0.25) is 14.3 Å². The van der Waals surface area contributed by atoms with Crippen molar-refractivity contribution in [2.45, 2.75) is 49.6 Å². The number of aromatic nitrogens is 2. The Bertz CT molecular complexity index is 1440. The first-order valence-electron chi connectivity index (χ1n) is 13.0. The van der Waals surface area contributed by atoms with E-state index < -0.39 is 17.2 Å². The zero-order chi connectivity index (χ0) is 27.0. The lowest BCUT2D eigenvalue weighted by Crippen LogP contribution is -2.41. The summed E-state index contributed by atoms with van der Waals surface area (Å²) in [5, 5.41) is -0.523. The number of hydrogen-bond acceptors (Lipinski definition) is 6. The largest absolute Gasteiger partial charge is 0.376 e. The molecule has 1 aliphatic rings. The molecule has 4 atom stereocenters. The van der Waals surface area contributed by atoms with E-state index in [1.54, 1.807) is 29.4 Å². The summed E-state index contributed by atoms with van der Waals surface area (Å²) in [6.45, 7) is 3.35. The number of H-pyrrole nitrogens is 1. The van der Waals surface area contributed by atoms with Crippen molar-refractivity contribution < 1.29 is 14.2 Å². The molecule has 1 saturated heterocycles. The van der Waals surface area contributed by atoms with E-state index in [9.17, 15) is 9.59 Å². The maximum absolute atomic E-state index is 13.0. The van der Waals surface area contributed by atoms with Gasteiger partial charge in [-0.05, 0) is 23.6 Å². The van der Waals surface area contributed by atoms with Crippen LogP contribution in [0.1, 0.15) is 27.6 Å². The van der Waals surface area contributed by atoms with Gasteiger partial charge >= 0.3 is 5.69 Å².